The zero-order valence-electron chi connectivity index (χ0n) is 16.6. The minimum absolute atomic E-state index is 0.0788. The number of fused-ring (bicyclic) bond motifs is 1. The summed E-state index contributed by atoms with van der Waals surface area (Å²) in [4.78, 5) is 31.0. The van der Waals surface area contributed by atoms with Crippen LogP contribution in [0.1, 0.15) is 17.7 Å². The maximum Gasteiger partial charge on any atom is 0.296 e. The lowest BCUT2D eigenvalue weighted by atomic mass is 10.1. The van der Waals surface area contributed by atoms with E-state index < -0.39 is 23.6 Å². The summed E-state index contributed by atoms with van der Waals surface area (Å²) < 4.78 is 30.6. The summed E-state index contributed by atoms with van der Waals surface area (Å²) in [5.41, 5.74) is 1.20. The summed E-state index contributed by atoms with van der Waals surface area (Å²) in [6.45, 7) is 2.57. The molecule has 0 radical (unpaired) electrons. The molecule has 1 N–H and O–H groups in total. The van der Waals surface area contributed by atoms with Gasteiger partial charge in [0.2, 0.25) is 0 Å². The first kappa shape index (κ1) is 19.9. The van der Waals surface area contributed by atoms with E-state index in [1.54, 1.807) is 16.3 Å². The van der Waals surface area contributed by atoms with Crippen LogP contribution in [0.2, 0.25) is 0 Å². The normalized spacial score (nSPS) is 18.6. The highest BCUT2D eigenvalue weighted by atomic mass is 19.2. The van der Waals surface area contributed by atoms with Crippen LogP contribution in [-0.2, 0) is 22.7 Å². The lowest BCUT2D eigenvalue weighted by Gasteiger charge is -2.20. The van der Waals surface area contributed by atoms with Gasteiger partial charge in [0.25, 0.3) is 23.9 Å². The highest BCUT2D eigenvalue weighted by Crippen LogP contribution is 2.21. The van der Waals surface area contributed by atoms with Crippen molar-refractivity contribution in [1.82, 2.24) is 15.1 Å². The Bertz CT molecular complexity index is 1090. The van der Waals surface area contributed by atoms with Crippen molar-refractivity contribution in [3.05, 3.63) is 47.2 Å². The van der Waals surface area contributed by atoms with Gasteiger partial charge in [-0.25, -0.2) is 13.5 Å². The van der Waals surface area contributed by atoms with E-state index in [2.05, 4.69) is 15.4 Å². The van der Waals surface area contributed by atoms with Crippen LogP contribution < -0.4 is 10.2 Å². The Kier molecular flexibility index (Phi) is 5.15. The lowest BCUT2D eigenvalue weighted by Crippen LogP contribution is -2.49. The number of aliphatic imine (C=N–C) groups is 1. The third-order valence-corrected chi connectivity index (χ3v) is 5.18. The van der Waals surface area contributed by atoms with Crippen LogP contribution in [0.25, 0.3) is 0 Å². The van der Waals surface area contributed by atoms with E-state index in [0.717, 1.165) is 11.8 Å². The average Bonchev–Trinajstić information content (AvgIpc) is 3.31. The van der Waals surface area contributed by atoms with Crippen LogP contribution in [0.5, 0.6) is 0 Å². The van der Waals surface area contributed by atoms with Gasteiger partial charge >= 0.3 is 0 Å². The van der Waals surface area contributed by atoms with Crippen molar-refractivity contribution in [3.63, 3.8) is 0 Å². The molecule has 156 valence electrons. The van der Waals surface area contributed by atoms with Crippen molar-refractivity contribution in [3.8, 4) is 0 Å². The molecule has 10 heteroatoms. The number of anilines is 1. The molecule has 2 aromatic rings. The number of carbonyl (C=O) groups is 2. The summed E-state index contributed by atoms with van der Waals surface area (Å²) in [6, 6.07) is 5.08. The monoisotopic (exact) mass is 415 g/mol. The zero-order valence-corrected chi connectivity index (χ0v) is 16.6. The third-order valence-electron chi connectivity index (χ3n) is 5.18. The largest absolute Gasteiger partial charge is 0.337 e. The second-order valence-corrected chi connectivity index (χ2v) is 7.39. The molecule has 4 rings (SSSR count). The Morgan fingerprint density at radius 3 is 2.97 bits per heavy atom. The molecule has 0 bridgehead atoms. The molecule has 0 spiro atoms. The Balaban J connectivity index is 1.38. The van der Waals surface area contributed by atoms with Gasteiger partial charge in [0, 0.05) is 25.2 Å². The Hall–Kier alpha value is -3.43. The molecule has 0 saturated carbocycles. The average molecular weight is 415 g/mol. The molecule has 30 heavy (non-hydrogen) atoms. The number of aromatic nitrogens is 2. The van der Waals surface area contributed by atoms with Gasteiger partial charge in [-0.3, -0.25) is 19.1 Å². The van der Waals surface area contributed by atoms with Crippen molar-refractivity contribution >= 4 is 29.7 Å². The standard InChI is InChI=1S/C20H20F2N6O2/c1-12-8-17-26(2)20(30)15(6-7-28(17)25-12)24-19(29)16-10-27(11-23-16)9-13-4-3-5-14(21)18(13)22/h3-5,8,11,15H,6-7,9-10H2,1-2H3/p+1/t15-/m1/s1. The fourth-order valence-corrected chi connectivity index (χ4v) is 3.61. The molecule has 0 aliphatic carbocycles. The Labute approximate surface area is 171 Å². The first-order valence-electron chi connectivity index (χ1n) is 9.53. The Morgan fingerprint density at radius 1 is 1.37 bits per heavy atom. The highest BCUT2D eigenvalue weighted by molar-refractivity contribution is 6.41. The molecule has 0 saturated heterocycles. The maximum absolute atomic E-state index is 13.9. The van der Waals surface area contributed by atoms with Gasteiger partial charge < -0.3 is 5.32 Å². The summed E-state index contributed by atoms with van der Waals surface area (Å²) in [5, 5.41) is 7.11. The van der Waals surface area contributed by atoms with Crippen molar-refractivity contribution in [1.29, 1.82) is 0 Å². The summed E-state index contributed by atoms with van der Waals surface area (Å²) in [5.74, 6) is -1.84. The van der Waals surface area contributed by atoms with E-state index in [1.807, 2.05) is 13.0 Å². The van der Waals surface area contributed by atoms with Gasteiger partial charge in [0.1, 0.15) is 18.4 Å². The number of amides is 2. The van der Waals surface area contributed by atoms with Gasteiger partial charge in [-0.1, -0.05) is 12.1 Å². The van der Waals surface area contributed by atoms with Gasteiger partial charge in [0.15, 0.2) is 18.2 Å². The molecular formula is C20H21F2N6O2+. The van der Waals surface area contributed by atoms with Crippen molar-refractivity contribution in [2.45, 2.75) is 32.5 Å². The lowest BCUT2D eigenvalue weighted by molar-refractivity contribution is -0.522. The highest BCUT2D eigenvalue weighted by Gasteiger charge is 2.33. The van der Waals surface area contributed by atoms with E-state index in [9.17, 15) is 18.4 Å². The van der Waals surface area contributed by atoms with E-state index in [1.165, 1.54) is 23.4 Å². The van der Waals surface area contributed by atoms with E-state index in [4.69, 9.17) is 0 Å². The van der Waals surface area contributed by atoms with Crippen LogP contribution in [0.15, 0.2) is 29.3 Å². The van der Waals surface area contributed by atoms with E-state index in [-0.39, 0.29) is 30.3 Å². The SMILES string of the molecule is Cc1cc2n(n1)CC[C@@H](NC(=O)C1=NC=[N+](Cc3cccc(F)c3F)C1)C(=O)N2C. The molecule has 0 fully saturated rings. The number of halogens is 2. The molecule has 3 heterocycles. The predicted molar refractivity (Wildman–Crippen MR) is 106 cm³/mol. The van der Waals surface area contributed by atoms with E-state index in [0.29, 0.717) is 18.8 Å². The van der Waals surface area contributed by atoms with Crippen LogP contribution >= 0.6 is 0 Å². The first-order valence-corrected chi connectivity index (χ1v) is 9.53. The second kappa shape index (κ2) is 7.77. The molecule has 1 aromatic heterocycles. The van der Waals surface area contributed by atoms with Gasteiger partial charge in [-0.15, -0.1) is 0 Å². The van der Waals surface area contributed by atoms with Crippen LogP contribution in [-0.4, -0.2) is 57.9 Å². The molecule has 8 nitrogen and oxygen atoms in total. The van der Waals surface area contributed by atoms with Crippen LogP contribution in [0.4, 0.5) is 14.6 Å². The quantitative estimate of drug-likeness (QED) is 0.757. The fourth-order valence-electron chi connectivity index (χ4n) is 3.61. The number of aryl methyl sites for hydroxylation is 2. The number of hydrogen-bond donors (Lipinski definition) is 1. The number of carbonyl (C=O) groups excluding carboxylic acids is 2. The first-order chi connectivity index (χ1) is 14.3. The Morgan fingerprint density at radius 2 is 2.17 bits per heavy atom. The van der Waals surface area contributed by atoms with Crippen LogP contribution in [0, 0.1) is 18.6 Å². The molecule has 0 unspecified atom stereocenters. The van der Waals surface area contributed by atoms with Crippen molar-refractivity contribution in [2.75, 3.05) is 18.5 Å². The second-order valence-electron chi connectivity index (χ2n) is 7.39. The molecular weight excluding hydrogens is 394 g/mol. The molecule has 2 aliphatic rings. The minimum atomic E-state index is -0.920. The van der Waals surface area contributed by atoms with Gasteiger partial charge in [-0.05, 0) is 24.4 Å². The third kappa shape index (κ3) is 3.72. The smallest absolute Gasteiger partial charge is 0.296 e. The molecule has 2 aliphatic heterocycles. The minimum Gasteiger partial charge on any atom is -0.337 e. The molecule has 1 atom stereocenters. The zero-order chi connectivity index (χ0) is 21.4. The topological polar surface area (TPSA) is 82.6 Å². The summed E-state index contributed by atoms with van der Waals surface area (Å²) >= 11 is 0. The number of nitrogens with one attached hydrogen (secondary N) is 1. The molecule has 1 aromatic carbocycles. The van der Waals surface area contributed by atoms with Crippen molar-refractivity contribution in [2.24, 2.45) is 4.99 Å². The van der Waals surface area contributed by atoms with E-state index >= 15 is 0 Å². The van der Waals surface area contributed by atoms with Gasteiger partial charge in [0.05, 0.1) is 5.69 Å². The maximum atomic E-state index is 13.9. The number of likely N-dealkylation sites (N-methyl/N-ethyl adjacent to an activating group) is 1. The number of nitrogens with zero attached hydrogens (tertiary/aromatic N) is 5. The summed E-state index contributed by atoms with van der Waals surface area (Å²) in [7, 11) is 1.65. The number of rotatable bonds is 4. The number of hydrogen-bond acceptors (Lipinski definition) is 4. The van der Waals surface area contributed by atoms with Gasteiger partial charge in [-0.2, -0.15) is 5.10 Å². The van der Waals surface area contributed by atoms with Crippen LogP contribution in [0.3, 0.4) is 0 Å². The predicted octanol–water partition coefficient (Wildman–Crippen LogP) is 1.02. The fraction of sp³-hybridized carbons (Fsp3) is 0.350. The van der Waals surface area contributed by atoms with Crippen molar-refractivity contribution < 1.29 is 22.9 Å². The molecule has 2 amide bonds. The number of benzene rings is 1. The summed E-state index contributed by atoms with van der Waals surface area (Å²) in [6.07, 6.45) is 1.82.